The molecule has 0 aliphatic carbocycles. The van der Waals surface area contributed by atoms with Crippen LogP contribution in [0.5, 0.6) is 5.75 Å². The van der Waals surface area contributed by atoms with Crippen molar-refractivity contribution in [3.05, 3.63) is 69.5 Å². The van der Waals surface area contributed by atoms with E-state index in [4.69, 9.17) is 16.3 Å². The maximum atomic E-state index is 12.7. The summed E-state index contributed by atoms with van der Waals surface area (Å²) in [4.78, 5) is 25.2. The van der Waals surface area contributed by atoms with Crippen LogP contribution in [0.15, 0.2) is 53.5 Å². The molecule has 1 amide bonds. The molecule has 3 rings (SSSR count). The van der Waals surface area contributed by atoms with Gasteiger partial charge in [-0.05, 0) is 30.3 Å². The standard InChI is InChI=1S/C18H15ClN2O3/c1-21-10-14(18(23)20-12-6-3-5-11(19)9-12)17(22)13-7-4-8-15(24-2)16(13)21/h3-10H,1-2H3,(H,20,23). The molecule has 3 aromatic rings. The molecule has 5 nitrogen and oxygen atoms in total. The first-order valence-corrected chi connectivity index (χ1v) is 7.62. The average molecular weight is 343 g/mol. The molecular formula is C18H15ClN2O3. The summed E-state index contributed by atoms with van der Waals surface area (Å²) < 4.78 is 7.01. The van der Waals surface area contributed by atoms with Crippen LogP contribution in [0, 0.1) is 0 Å². The molecule has 0 saturated carbocycles. The summed E-state index contributed by atoms with van der Waals surface area (Å²) in [6.45, 7) is 0. The van der Waals surface area contributed by atoms with Gasteiger partial charge in [0.15, 0.2) is 0 Å². The summed E-state index contributed by atoms with van der Waals surface area (Å²) in [5.41, 5.74) is 0.879. The molecule has 0 atom stereocenters. The summed E-state index contributed by atoms with van der Waals surface area (Å²) in [5.74, 6) is 0.0940. The quantitative estimate of drug-likeness (QED) is 0.793. The summed E-state index contributed by atoms with van der Waals surface area (Å²) in [6.07, 6.45) is 1.51. The Balaban J connectivity index is 2.09. The van der Waals surface area contributed by atoms with Gasteiger partial charge in [-0.3, -0.25) is 9.59 Å². The molecule has 1 N–H and O–H groups in total. The van der Waals surface area contributed by atoms with E-state index in [9.17, 15) is 9.59 Å². The number of anilines is 1. The van der Waals surface area contributed by atoms with E-state index in [2.05, 4.69) is 5.32 Å². The summed E-state index contributed by atoms with van der Waals surface area (Å²) in [5, 5.41) is 3.62. The molecule has 0 unspecified atom stereocenters. The van der Waals surface area contributed by atoms with Crippen LogP contribution in [0.1, 0.15) is 10.4 Å². The minimum atomic E-state index is -0.484. The number of rotatable bonds is 3. The van der Waals surface area contributed by atoms with Crippen LogP contribution in [0.25, 0.3) is 10.9 Å². The highest BCUT2D eigenvalue weighted by atomic mass is 35.5. The van der Waals surface area contributed by atoms with Crippen molar-refractivity contribution < 1.29 is 9.53 Å². The molecule has 0 saturated heterocycles. The highest BCUT2D eigenvalue weighted by Crippen LogP contribution is 2.23. The highest BCUT2D eigenvalue weighted by Gasteiger charge is 2.16. The minimum absolute atomic E-state index is 0.0539. The lowest BCUT2D eigenvalue weighted by Gasteiger charge is -2.12. The zero-order valence-corrected chi connectivity index (χ0v) is 13.9. The lowest BCUT2D eigenvalue weighted by atomic mass is 10.1. The molecule has 1 heterocycles. The Morgan fingerprint density at radius 2 is 1.96 bits per heavy atom. The van der Waals surface area contributed by atoms with Crippen molar-refractivity contribution in [2.24, 2.45) is 7.05 Å². The number of halogens is 1. The van der Waals surface area contributed by atoms with E-state index < -0.39 is 5.91 Å². The number of carbonyl (C=O) groups excluding carboxylic acids is 1. The largest absolute Gasteiger partial charge is 0.495 e. The van der Waals surface area contributed by atoms with Gasteiger partial charge >= 0.3 is 0 Å². The summed E-state index contributed by atoms with van der Waals surface area (Å²) in [6, 6.07) is 11.9. The van der Waals surface area contributed by atoms with Crippen LogP contribution in [0.4, 0.5) is 5.69 Å². The van der Waals surface area contributed by atoms with Crippen LogP contribution >= 0.6 is 11.6 Å². The molecule has 0 bridgehead atoms. The Hall–Kier alpha value is -2.79. The SMILES string of the molecule is COc1cccc2c(=O)c(C(=O)Nc3cccc(Cl)c3)cn(C)c12. The molecule has 122 valence electrons. The van der Waals surface area contributed by atoms with Gasteiger partial charge in [0.1, 0.15) is 11.3 Å². The van der Waals surface area contributed by atoms with E-state index >= 15 is 0 Å². The van der Waals surface area contributed by atoms with Crippen LogP contribution in [0.3, 0.4) is 0 Å². The zero-order valence-electron chi connectivity index (χ0n) is 13.2. The topological polar surface area (TPSA) is 60.3 Å². The van der Waals surface area contributed by atoms with Gasteiger partial charge in [0, 0.05) is 24.0 Å². The first-order chi connectivity index (χ1) is 11.5. The van der Waals surface area contributed by atoms with Crippen molar-refractivity contribution in [2.75, 3.05) is 12.4 Å². The number of hydrogen-bond acceptors (Lipinski definition) is 3. The van der Waals surface area contributed by atoms with Gasteiger partial charge in [-0.2, -0.15) is 0 Å². The number of amides is 1. The van der Waals surface area contributed by atoms with E-state index in [0.717, 1.165) is 0 Å². The van der Waals surface area contributed by atoms with Crippen molar-refractivity contribution in [3.8, 4) is 5.75 Å². The molecule has 0 aliphatic heterocycles. The van der Waals surface area contributed by atoms with E-state index in [1.165, 1.54) is 6.20 Å². The normalized spacial score (nSPS) is 10.6. The third-order valence-corrected chi connectivity index (χ3v) is 3.95. The first-order valence-electron chi connectivity index (χ1n) is 7.24. The van der Waals surface area contributed by atoms with E-state index in [0.29, 0.717) is 27.4 Å². The fraction of sp³-hybridized carbons (Fsp3) is 0.111. The van der Waals surface area contributed by atoms with Crippen molar-refractivity contribution in [3.63, 3.8) is 0 Å². The second-order valence-corrected chi connectivity index (χ2v) is 5.74. The maximum Gasteiger partial charge on any atom is 0.261 e. The Morgan fingerprint density at radius 1 is 1.21 bits per heavy atom. The van der Waals surface area contributed by atoms with Gasteiger partial charge in [0.05, 0.1) is 18.0 Å². The second kappa shape index (κ2) is 6.37. The van der Waals surface area contributed by atoms with Crippen LogP contribution in [0.2, 0.25) is 5.02 Å². The molecule has 0 spiro atoms. The number of para-hydroxylation sites is 1. The number of nitrogens with zero attached hydrogens (tertiary/aromatic N) is 1. The first kappa shape index (κ1) is 16.1. The molecule has 0 radical (unpaired) electrons. The Labute approximate surface area is 143 Å². The molecule has 1 aromatic heterocycles. The lowest BCUT2D eigenvalue weighted by Crippen LogP contribution is -2.23. The number of nitrogens with one attached hydrogen (secondary N) is 1. The monoisotopic (exact) mass is 342 g/mol. The number of pyridine rings is 1. The van der Waals surface area contributed by atoms with E-state index in [1.807, 2.05) is 0 Å². The maximum absolute atomic E-state index is 12.7. The molecular weight excluding hydrogens is 328 g/mol. The Morgan fingerprint density at radius 3 is 2.67 bits per heavy atom. The third kappa shape index (κ3) is 2.86. The number of carbonyl (C=O) groups is 1. The number of methoxy groups -OCH3 is 1. The smallest absolute Gasteiger partial charge is 0.261 e. The second-order valence-electron chi connectivity index (χ2n) is 5.30. The predicted octanol–water partition coefficient (Wildman–Crippen LogP) is 3.45. The highest BCUT2D eigenvalue weighted by molar-refractivity contribution is 6.31. The predicted molar refractivity (Wildman–Crippen MR) is 95.1 cm³/mol. The number of fused-ring (bicyclic) bond motifs is 1. The lowest BCUT2D eigenvalue weighted by molar-refractivity contribution is 0.102. The molecule has 24 heavy (non-hydrogen) atoms. The van der Waals surface area contributed by atoms with Gasteiger partial charge in [-0.25, -0.2) is 0 Å². The van der Waals surface area contributed by atoms with Crippen molar-refractivity contribution in [1.29, 1.82) is 0 Å². The zero-order chi connectivity index (χ0) is 17.3. The van der Waals surface area contributed by atoms with Gasteiger partial charge in [-0.15, -0.1) is 0 Å². The molecule has 0 aliphatic rings. The van der Waals surface area contributed by atoms with Gasteiger partial charge in [-0.1, -0.05) is 23.7 Å². The number of ether oxygens (including phenoxy) is 1. The molecule has 0 fully saturated rings. The fourth-order valence-corrected chi connectivity index (χ4v) is 2.81. The molecule has 2 aromatic carbocycles. The van der Waals surface area contributed by atoms with Crippen molar-refractivity contribution in [2.45, 2.75) is 0 Å². The number of benzene rings is 2. The van der Waals surface area contributed by atoms with Gasteiger partial charge < -0.3 is 14.6 Å². The van der Waals surface area contributed by atoms with Gasteiger partial charge in [0.2, 0.25) is 5.43 Å². The van der Waals surface area contributed by atoms with Crippen LogP contribution < -0.4 is 15.5 Å². The number of hydrogen-bond donors (Lipinski definition) is 1. The number of aryl methyl sites for hydroxylation is 1. The third-order valence-electron chi connectivity index (χ3n) is 3.71. The minimum Gasteiger partial charge on any atom is -0.495 e. The summed E-state index contributed by atoms with van der Waals surface area (Å²) >= 11 is 5.91. The molecule has 6 heteroatoms. The van der Waals surface area contributed by atoms with E-state index in [1.54, 1.807) is 61.2 Å². The van der Waals surface area contributed by atoms with Crippen LogP contribution in [-0.2, 0) is 7.05 Å². The Kier molecular flexibility index (Phi) is 4.27. The van der Waals surface area contributed by atoms with Crippen LogP contribution in [-0.4, -0.2) is 17.6 Å². The Bertz CT molecular complexity index is 995. The van der Waals surface area contributed by atoms with Gasteiger partial charge in [0.25, 0.3) is 5.91 Å². The average Bonchev–Trinajstić information content (AvgIpc) is 2.57. The van der Waals surface area contributed by atoms with Crippen molar-refractivity contribution >= 4 is 34.1 Å². The summed E-state index contributed by atoms with van der Waals surface area (Å²) in [7, 11) is 3.31. The number of aromatic nitrogens is 1. The van der Waals surface area contributed by atoms with Crippen molar-refractivity contribution in [1.82, 2.24) is 4.57 Å². The van der Waals surface area contributed by atoms with E-state index in [-0.39, 0.29) is 11.0 Å². The fourth-order valence-electron chi connectivity index (χ4n) is 2.62.